The van der Waals surface area contributed by atoms with Crippen molar-refractivity contribution in [3.8, 4) is 0 Å². The number of carbonyl (C=O) groups is 1. The maximum absolute atomic E-state index is 12.1. The summed E-state index contributed by atoms with van der Waals surface area (Å²) in [7, 11) is 0. The van der Waals surface area contributed by atoms with Crippen molar-refractivity contribution in [2.24, 2.45) is 0 Å². The van der Waals surface area contributed by atoms with Gasteiger partial charge in [0.2, 0.25) is 0 Å². The molecule has 0 aromatic heterocycles. The quantitative estimate of drug-likeness (QED) is 0.869. The zero-order chi connectivity index (χ0) is 14.0. The van der Waals surface area contributed by atoms with Crippen LogP contribution in [0.3, 0.4) is 0 Å². The van der Waals surface area contributed by atoms with E-state index in [0.29, 0.717) is 35.1 Å². The van der Waals surface area contributed by atoms with Crippen molar-refractivity contribution >= 4 is 29.0 Å². The average Bonchev–Trinajstić information content (AvgIpc) is 2.69. The lowest BCUT2D eigenvalue weighted by atomic mass is 10.1. The van der Waals surface area contributed by atoms with Gasteiger partial charge >= 0.3 is 0 Å². The van der Waals surface area contributed by atoms with Gasteiger partial charge < -0.3 is 5.11 Å². The van der Waals surface area contributed by atoms with Gasteiger partial charge in [0.15, 0.2) is 5.78 Å². The lowest BCUT2D eigenvalue weighted by molar-refractivity contribution is 0.0677. The second-order valence-corrected chi connectivity index (χ2v) is 6.08. The minimum absolute atomic E-state index is 0.0148. The molecule has 0 radical (unpaired) electrons. The molecule has 1 N–H and O–H groups in total. The molecule has 5 heteroatoms. The molecule has 0 amide bonds. The van der Waals surface area contributed by atoms with Crippen molar-refractivity contribution < 1.29 is 9.90 Å². The first-order valence-corrected chi connectivity index (χ1v) is 7.06. The number of Topliss-reactive ketones (excluding diaryl/α,β-unsaturated/α-hetero) is 1. The second kappa shape index (κ2) is 5.80. The third-order valence-corrected chi connectivity index (χ3v) is 4.26. The lowest BCUT2D eigenvalue weighted by Gasteiger charge is -2.18. The minimum Gasteiger partial charge on any atom is -0.389 e. The first-order valence-electron chi connectivity index (χ1n) is 6.31. The number of hydrogen-bond donors (Lipinski definition) is 1. The summed E-state index contributed by atoms with van der Waals surface area (Å²) in [6.07, 6.45) is 1.13. The Morgan fingerprint density at radius 2 is 2.21 bits per heavy atom. The predicted octanol–water partition coefficient (Wildman–Crippen LogP) is 3.02. The number of nitrogens with zero attached hydrogens (tertiary/aromatic N) is 1. The van der Waals surface area contributed by atoms with Crippen LogP contribution in [0.2, 0.25) is 10.0 Å². The lowest BCUT2D eigenvalue weighted by Crippen LogP contribution is -2.31. The standard InChI is InChI=1S/C14H17Cl2NO2/c1-14(19)6-8-17(9-14)7-5-12(18)10-3-2-4-11(15)13(10)16/h2-4,19H,5-9H2,1H3. The van der Waals surface area contributed by atoms with Crippen LogP contribution in [0.4, 0.5) is 0 Å². The maximum atomic E-state index is 12.1. The Morgan fingerprint density at radius 3 is 2.84 bits per heavy atom. The molecule has 0 bridgehead atoms. The van der Waals surface area contributed by atoms with Crippen LogP contribution in [0.1, 0.15) is 30.1 Å². The molecule has 104 valence electrons. The van der Waals surface area contributed by atoms with Crippen molar-refractivity contribution in [2.75, 3.05) is 19.6 Å². The zero-order valence-corrected chi connectivity index (χ0v) is 12.3. The number of rotatable bonds is 4. The van der Waals surface area contributed by atoms with Crippen LogP contribution in [-0.2, 0) is 0 Å². The van der Waals surface area contributed by atoms with Gasteiger partial charge in [-0.25, -0.2) is 0 Å². The molecule has 0 spiro atoms. The van der Waals surface area contributed by atoms with Crippen molar-refractivity contribution in [3.05, 3.63) is 33.8 Å². The Labute approximate surface area is 123 Å². The number of aliphatic hydroxyl groups is 1. The van der Waals surface area contributed by atoms with Gasteiger partial charge in [-0.3, -0.25) is 9.69 Å². The molecule has 1 unspecified atom stereocenters. The van der Waals surface area contributed by atoms with Crippen LogP contribution in [0.5, 0.6) is 0 Å². The molecule has 1 aromatic carbocycles. The van der Waals surface area contributed by atoms with Crippen molar-refractivity contribution in [1.29, 1.82) is 0 Å². The van der Waals surface area contributed by atoms with E-state index in [4.69, 9.17) is 23.2 Å². The highest BCUT2D eigenvalue weighted by atomic mass is 35.5. The van der Waals surface area contributed by atoms with E-state index in [-0.39, 0.29) is 5.78 Å². The molecule has 1 fully saturated rings. The monoisotopic (exact) mass is 301 g/mol. The van der Waals surface area contributed by atoms with Gasteiger partial charge in [-0.2, -0.15) is 0 Å². The molecule has 1 aliphatic heterocycles. The van der Waals surface area contributed by atoms with Crippen LogP contribution in [0.25, 0.3) is 0 Å². The summed E-state index contributed by atoms with van der Waals surface area (Å²) < 4.78 is 0. The van der Waals surface area contributed by atoms with E-state index in [0.717, 1.165) is 13.0 Å². The SMILES string of the molecule is CC1(O)CCN(CCC(=O)c2cccc(Cl)c2Cl)C1. The highest BCUT2D eigenvalue weighted by Crippen LogP contribution is 2.27. The molecule has 19 heavy (non-hydrogen) atoms. The number of likely N-dealkylation sites (tertiary alicyclic amines) is 1. The number of hydrogen-bond acceptors (Lipinski definition) is 3. The number of benzene rings is 1. The third kappa shape index (κ3) is 3.69. The van der Waals surface area contributed by atoms with E-state index < -0.39 is 5.60 Å². The van der Waals surface area contributed by atoms with Crippen molar-refractivity contribution in [1.82, 2.24) is 4.90 Å². The first-order chi connectivity index (χ1) is 8.89. The van der Waals surface area contributed by atoms with Gasteiger partial charge in [0.1, 0.15) is 0 Å². The normalized spacial score (nSPS) is 23.8. The van der Waals surface area contributed by atoms with Crippen LogP contribution in [-0.4, -0.2) is 41.0 Å². The highest BCUT2D eigenvalue weighted by molar-refractivity contribution is 6.43. The molecule has 1 aromatic rings. The van der Waals surface area contributed by atoms with Gasteiger partial charge in [-0.1, -0.05) is 29.3 Å². The van der Waals surface area contributed by atoms with Gasteiger partial charge in [0, 0.05) is 31.6 Å². The van der Waals surface area contributed by atoms with E-state index in [1.54, 1.807) is 18.2 Å². The Kier molecular flexibility index (Phi) is 4.51. The summed E-state index contributed by atoms with van der Waals surface area (Å²) >= 11 is 11.9. The summed E-state index contributed by atoms with van der Waals surface area (Å²) in [4.78, 5) is 14.2. The summed E-state index contributed by atoms with van der Waals surface area (Å²) in [6, 6.07) is 5.08. The van der Waals surface area contributed by atoms with Gasteiger partial charge in [0.05, 0.1) is 15.6 Å². The largest absolute Gasteiger partial charge is 0.389 e. The fraction of sp³-hybridized carbons (Fsp3) is 0.500. The highest BCUT2D eigenvalue weighted by Gasteiger charge is 2.31. The number of carbonyl (C=O) groups excluding carboxylic acids is 1. The van der Waals surface area contributed by atoms with Crippen LogP contribution in [0.15, 0.2) is 18.2 Å². The topological polar surface area (TPSA) is 40.5 Å². The van der Waals surface area contributed by atoms with Crippen LogP contribution < -0.4 is 0 Å². The first kappa shape index (κ1) is 14.8. The molecule has 1 heterocycles. The van der Waals surface area contributed by atoms with E-state index in [9.17, 15) is 9.90 Å². The summed E-state index contributed by atoms with van der Waals surface area (Å²) in [6.45, 7) is 3.90. The Bertz CT molecular complexity index is 488. The predicted molar refractivity (Wildman–Crippen MR) is 77.1 cm³/mol. The number of ketones is 1. The molecule has 1 aliphatic rings. The zero-order valence-electron chi connectivity index (χ0n) is 10.8. The Balaban J connectivity index is 1.93. The molecule has 0 aliphatic carbocycles. The van der Waals surface area contributed by atoms with Gasteiger partial charge in [-0.05, 0) is 25.5 Å². The Morgan fingerprint density at radius 1 is 1.47 bits per heavy atom. The van der Waals surface area contributed by atoms with Gasteiger partial charge in [0.25, 0.3) is 0 Å². The fourth-order valence-corrected chi connectivity index (χ4v) is 2.75. The van der Waals surface area contributed by atoms with Crippen molar-refractivity contribution in [3.63, 3.8) is 0 Å². The number of halogens is 2. The molecular formula is C14H17Cl2NO2. The fourth-order valence-electron chi connectivity index (χ4n) is 2.34. The Hall–Kier alpha value is -0.610. The van der Waals surface area contributed by atoms with E-state index in [1.807, 2.05) is 6.92 Å². The summed E-state index contributed by atoms with van der Waals surface area (Å²) in [5, 5.41) is 10.6. The van der Waals surface area contributed by atoms with Crippen molar-refractivity contribution in [2.45, 2.75) is 25.4 Å². The minimum atomic E-state index is -0.628. The second-order valence-electron chi connectivity index (χ2n) is 5.30. The number of β-amino-alcohol motifs (C(OH)–C–C–N with tert-alkyl or cyclic N) is 1. The summed E-state index contributed by atoms with van der Waals surface area (Å²) in [5.74, 6) is -0.0148. The van der Waals surface area contributed by atoms with E-state index in [2.05, 4.69) is 4.90 Å². The average molecular weight is 302 g/mol. The van der Waals surface area contributed by atoms with E-state index in [1.165, 1.54) is 0 Å². The van der Waals surface area contributed by atoms with E-state index >= 15 is 0 Å². The molecular weight excluding hydrogens is 285 g/mol. The molecule has 1 atom stereocenters. The summed E-state index contributed by atoms with van der Waals surface area (Å²) in [5.41, 5.74) is -0.156. The molecule has 1 saturated heterocycles. The third-order valence-electron chi connectivity index (χ3n) is 3.44. The molecule has 0 saturated carbocycles. The molecule has 2 rings (SSSR count). The van der Waals surface area contributed by atoms with Gasteiger partial charge in [-0.15, -0.1) is 0 Å². The smallest absolute Gasteiger partial charge is 0.165 e. The van der Waals surface area contributed by atoms with Crippen LogP contribution >= 0.6 is 23.2 Å². The molecule has 3 nitrogen and oxygen atoms in total. The van der Waals surface area contributed by atoms with Crippen LogP contribution in [0, 0.1) is 0 Å². The maximum Gasteiger partial charge on any atom is 0.165 e.